The molecule has 0 radical (unpaired) electrons. The van der Waals surface area contributed by atoms with Crippen LogP contribution in [0.15, 0.2) is 48.5 Å². The standard InChI is InChI=1S/C23H25F3N2O2/c1-15-8-5-6-13-19(15)20(22(30)27-18-11-3-2-4-12-18)28-21(29)16-9-7-10-17(14-16)23(24,25)26/h5-10,13-14,18,20H,2-4,11-12H2,1H3,(H,27,30)(H,28,29). The van der Waals surface area contributed by atoms with Gasteiger partial charge in [-0.1, -0.05) is 49.6 Å². The molecule has 2 aromatic rings. The van der Waals surface area contributed by atoms with E-state index in [4.69, 9.17) is 0 Å². The Morgan fingerprint density at radius 3 is 2.37 bits per heavy atom. The van der Waals surface area contributed by atoms with Gasteiger partial charge in [-0.3, -0.25) is 9.59 Å². The molecule has 3 rings (SSSR count). The molecule has 1 saturated carbocycles. The molecule has 4 nitrogen and oxygen atoms in total. The van der Waals surface area contributed by atoms with Crippen molar-refractivity contribution in [2.75, 3.05) is 0 Å². The number of nitrogens with one attached hydrogen (secondary N) is 2. The number of hydrogen-bond donors (Lipinski definition) is 2. The third kappa shape index (κ3) is 5.40. The molecule has 0 spiro atoms. The second-order valence-electron chi connectivity index (χ2n) is 7.69. The average Bonchev–Trinajstić information content (AvgIpc) is 2.72. The second-order valence-corrected chi connectivity index (χ2v) is 7.69. The lowest BCUT2D eigenvalue weighted by Gasteiger charge is -2.27. The minimum atomic E-state index is -4.55. The average molecular weight is 418 g/mol. The SMILES string of the molecule is Cc1ccccc1C(NC(=O)c1cccc(C(F)(F)F)c1)C(=O)NC1CCCCC1. The van der Waals surface area contributed by atoms with Gasteiger partial charge < -0.3 is 10.6 Å². The van der Waals surface area contributed by atoms with E-state index >= 15 is 0 Å². The molecule has 2 N–H and O–H groups in total. The molecule has 2 amide bonds. The zero-order chi connectivity index (χ0) is 21.7. The van der Waals surface area contributed by atoms with Crippen LogP contribution >= 0.6 is 0 Å². The first kappa shape index (κ1) is 21.9. The molecular formula is C23H25F3N2O2. The summed E-state index contributed by atoms with van der Waals surface area (Å²) in [5.41, 5.74) is 0.375. The van der Waals surface area contributed by atoms with E-state index in [0.29, 0.717) is 5.56 Å². The first-order chi connectivity index (χ1) is 14.3. The lowest BCUT2D eigenvalue weighted by molar-refractivity contribution is -0.137. The van der Waals surface area contributed by atoms with Crippen molar-refractivity contribution in [3.8, 4) is 0 Å². The van der Waals surface area contributed by atoms with Gasteiger partial charge in [0.2, 0.25) is 5.91 Å². The normalized spacial score (nSPS) is 16.0. The van der Waals surface area contributed by atoms with E-state index in [1.807, 2.05) is 19.1 Å². The molecule has 1 fully saturated rings. The maximum absolute atomic E-state index is 13.1. The monoisotopic (exact) mass is 418 g/mol. The van der Waals surface area contributed by atoms with Crippen LogP contribution in [0.4, 0.5) is 13.2 Å². The Labute approximate surface area is 173 Å². The van der Waals surface area contributed by atoms with Crippen LogP contribution in [0, 0.1) is 6.92 Å². The predicted octanol–water partition coefficient (Wildman–Crippen LogP) is 4.93. The molecule has 0 saturated heterocycles. The van der Waals surface area contributed by atoms with E-state index in [1.165, 1.54) is 12.1 Å². The van der Waals surface area contributed by atoms with Gasteiger partial charge in [-0.25, -0.2) is 0 Å². The van der Waals surface area contributed by atoms with Crippen LogP contribution < -0.4 is 10.6 Å². The van der Waals surface area contributed by atoms with Gasteiger partial charge in [-0.15, -0.1) is 0 Å². The van der Waals surface area contributed by atoms with E-state index in [1.54, 1.807) is 12.1 Å². The van der Waals surface area contributed by atoms with Crippen molar-refractivity contribution in [1.82, 2.24) is 10.6 Å². The lowest BCUT2D eigenvalue weighted by atomic mass is 9.94. The molecule has 0 aromatic heterocycles. The molecule has 0 heterocycles. The summed E-state index contributed by atoms with van der Waals surface area (Å²) >= 11 is 0. The second kappa shape index (κ2) is 9.32. The predicted molar refractivity (Wildman–Crippen MR) is 108 cm³/mol. The van der Waals surface area contributed by atoms with E-state index < -0.39 is 23.7 Å². The summed E-state index contributed by atoms with van der Waals surface area (Å²) in [6.07, 6.45) is 0.429. The van der Waals surface area contributed by atoms with Crippen LogP contribution in [0.3, 0.4) is 0 Å². The number of carbonyl (C=O) groups excluding carboxylic acids is 2. The van der Waals surface area contributed by atoms with Gasteiger partial charge >= 0.3 is 6.18 Å². The van der Waals surface area contributed by atoms with Crippen molar-refractivity contribution >= 4 is 11.8 Å². The molecular weight excluding hydrogens is 393 g/mol. The maximum Gasteiger partial charge on any atom is 0.416 e. The van der Waals surface area contributed by atoms with Crippen LogP contribution in [0.25, 0.3) is 0 Å². The summed E-state index contributed by atoms with van der Waals surface area (Å²) < 4.78 is 39.0. The number of rotatable bonds is 5. The Bertz CT molecular complexity index is 905. The number of halogens is 3. The Morgan fingerprint density at radius 2 is 1.70 bits per heavy atom. The summed E-state index contributed by atoms with van der Waals surface area (Å²) in [7, 11) is 0. The highest BCUT2D eigenvalue weighted by Crippen LogP contribution is 2.30. The van der Waals surface area contributed by atoms with Crippen LogP contribution in [0.2, 0.25) is 0 Å². The highest BCUT2D eigenvalue weighted by Gasteiger charge is 2.32. The minimum Gasteiger partial charge on any atom is -0.351 e. The highest BCUT2D eigenvalue weighted by molar-refractivity contribution is 5.98. The first-order valence-corrected chi connectivity index (χ1v) is 10.1. The third-order valence-electron chi connectivity index (χ3n) is 5.44. The van der Waals surface area contributed by atoms with Crippen LogP contribution in [-0.4, -0.2) is 17.9 Å². The highest BCUT2D eigenvalue weighted by atomic mass is 19.4. The van der Waals surface area contributed by atoms with Gasteiger partial charge in [0, 0.05) is 11.6 Å². The van der Waals surface area contributed by atoms with Crippen molar-refractivity contribution < 1.29 is 22.8 Å². The molecule has 1 atom stereocenters. The van der Waals surface area contributed by atoms with E-state index in [-0.39, 0.29) is 17.5 Å². The van der Waals surface area contributed by atoms with Gasteiger partial charge in [-0.2, -0.15) is 13.2 Å². The van der Waals surface area contributed by atoms with Crippen molar-refractivity contribution in [3.63, 3.8) is 0 Å². The summed E-state index contributed by atoms with van der Waals surface area (Å²) in [6, 6.07) is 10.4. The molecule has 7 heteroatoms. The molecule has 1 unspecified atom stereocenters. The fraction of sp³-hybridized carbons (Fsp3) is 0.391. The summed E-state index contributed by atoms with van der Waals surface area (Å²) in [4.78, 5) is 25.8. The third-order valence-corrected chi connectivity index (χ3v) is 5.44. The summed E-state index contributed by atoms with van der Waals surface area (Å²) in [5, 5.41) is 5.64. The van der Waals surface area contributed by atoms with Gasteiger partial charge in [0.25, 0.3) is 5.91 Å². The number of amides is 2. The van der Waals surface area contributed by atoms with Crippen LogP contribution in [0.1, 0.15) is 65.2 Å². The number of hydrogen-bond acceptors (Lipinski definition) is 2. The fourth-order valence-corrected chi connectivity index (χ4v) is 3.78. The molecule has 0 aliphatic heterocycles. The molecule has 1 aliphatic carbocycles. The lowest BCUT2D eigenvalue weighted by Crippen LogP contribution is -2.45. The molecule has 160 valence electrons. The topological polar surface area (TPSA) is 58.2 Å². The van der Waals surface area contributed by atoms with E-state index in [9.17, 15) is 22.8 Å². The fourth-order valence-electron chi connectivity index (χ4n) is 3.78. The largest absolute Gasteiger partial charge is 0.416 e. The van der Waals surface area contributed by atoms with Crippen molar-refractivity contribution in [3.05, 3.63) is 70.8 Å². The number of alkyl halides is 3. The van der Waals surface area contributed by atoms with Gasteiger partial charge in [-0.05, 0) is 49.1 Å². The molecule has 0 bridgehead atoms. The summed E-state index contributed by atoms with van der Waals surface area (Å²) in [5.74, 6) is -1.08. The number of benzene rings is 2. The number of carbonyl (C=O) groups is 2. The van der Waals surface area contributed by atoms with E-state index in [2.05, 4.69) is 10.6 Å². The Kier molecular flexibility index (Phi) is 6.80. The number of aryl methyl sites for hydroxylation is 1. The zero-order valence-electron chi connectivity index (χ0n) is 16.8. The molecule has 1 aliphatic rings. The van der Waals surface area contributed by atoms with Crippen LogP contribution in [0.5, 0.6) is 0 Å². The van der Waals surface area contributed by atoms with Gasteiger partial charge in [0.05, 0.1) is 5.56 Å². The Morgan fingerprint density at radius 1 is 1.00 bits per heavy atom. The first-order valence-electron chi connectivity index (χ1n) is 10.1. The molecule has 2 aromatic carbocycles. The Balaban J connectivity index is 1.84. The molecule has 30 heavy (non-hydrogen) atoms. The quantitative estimate of drug-likeness (QED) is 0.723. The zero-order valence-corrected chi connectivity index (χ0v) is 16.8. The maximum atomic E-state index is 13.1. The summed E-state index contributed by atoms with van der Waals surface area (Å²) in [6.45, 7) is 1.83. The van der Waals surface area contributed by atoms with Crippen molar-refractivity contribution in [2.24, 2.45) is 0 Å². The van der Waals surface area contributed by atoms with Crippen molar-refractivity contribution in [1.29, 1.82) is 0 Å². The Hall–Kier alpha value is -2.83. The van der Waals surface area contributed by atoms with E-state index in [0.717, 1.165) is 49.8 Å². The smallest absolute Gasteiger partial charge is 0.351 e. The van der Waals surface area contributed by atoms with Crippen LogP contribution in [-0.2, 0) is 11.0 Å². The van der Waals surface area contributed by atoms with Gasteiger partial charge in [0.15, 0.2) is 0 Å². The van der Waals surface area contributed by atoms with Gasteiger partial charge in [0.1, 0.15) is 6.04 Å². The van der Waals surface area contributed by atoms with Crippen molar-refractivity contribution in [2.45, 2.75) is 57.3 Å². The minimum absolute atomic E-state index is 0.0447.